The lowest BCUT2D eigenvalue weighted by Crippen LogP contribution is -2.26. The van der Waals surface area contributed by atoms with Crippen molar-refractivity contribution in [2.45, 2.75) is 95.8 Å². The molecule has 2 unspecified atom stereocenters. The summed E-state index contributed by atoms with van der Waals surface area (Å²) >= 11 is 0. The first kappa shape index (κ1) is 19.9. The molecule has 0 aromatic heterocycles. The molecule has 0 aromatic rings. The average Bonchev–Trinajstić information content (AvgIpc) is 2.35. The number of hydrogen-bond donors (Lipinski definition) is 2. The maximum atomic E-state index is 11.3. The Balaban J connectivity index is 3.95. The van der Waals surface area contributed by atoms with Crippen molar-refractivity contribution in [3.8, 4) is 0 Å². The van der Waals surface area contributed by atoms with Crippen LogP contribution >= 0.6 is 0 Å². The summed E-state index contributed by atoms with van der Waals surface area (Å²) in [6.45, 7) is 4.13. The molecule has 0 radical (unpaired) electrons. The molecule has 0 heterocycles. The first-order valence-electron chi connectivity index (χ1n) is 8.06. The van der Waals surface area contributed by atoms with Crippen LogP contribution in [-0.2, 0) is 10.1 Å². The standard InChI is InChI=1S/C15H32O4S/c1-3-5-6-7-8-9-10-12-15(20(17,18)19)13-14(16)11-4-2/h14-16H,3-13H2,1-2H3,(H,17,18,19). The molecule has 5 heteroatoms. The maximum Gasteiger partial charge on any atom is 0.267 e. The van der Waals surface area contributed by atoms with Gasteiger partial charge in [-0.3, -0.25) is 4.55 Å². The van der Waals surface area contributed by atoms with Gasteiger partial charge in [-0.25, -0.2) is 0 Å². The van der Waals surface area contributed by atoms with Crippen molar-refractivity contribution in [2.75, 3.05) is 0 Å². The fourth-order valence-corrected chi connectivity index (χ4v) is 3.40. The van der Waals surface area contributed by atoms with Crippen LogP contribution < -0.4 is 0 Å². The van der Waals surface area contributed by atoms with Crippen molar-refractivity contribution in [1.82, 2.24) is 0 Å². The molecule has 4 nitrogen and oxygen atoms in total. The van der Waals surface area contributed by atoms with Crippen molar-refractivity contribution >= 4 is 10.1 Å². The van der Waals surface area contributed by atoms with Gasteiger partial charge in [0.05, 0.1) is 11.4 Å². The lowest BCUT2D eigenvalue weighted by Gasteiger charge is -2.17. The minimum absolute atomic E-state index is 0.155. The predicted molar refractivity (Wildman–Crippen MR) is 83.5 cm³/mol. The van der Waals surface area contributed by atoms with Crippen LogP contribution in [0.3, 0.4) is 0 Å². The molecule has 0 aliphatic heterocycles. The van der Waals surface area contributed by atoms with E-state index in [9.17, 15) is 18.1 Å². The zero-order valence-electron chi connectivity index (χ0n) is 13.1. The lowest BCUT2D eigenvalue weighted by molar-refractivity contribution is 0.149. The van der Waals surface area contributed by atoms with Crippen LogP contribution in [0.2, 0.25) is 0 Å². The molecule has 0 rings (SSSR count). The van der Waals surface area contributed by atoms with Gasteiger partial charge in [-0.1, -0.05) is 65.2 Å². The number of aliphatic hydroxyl groups excluding tert-OH is 1. The molecule has 20 heavy (non-hydrogen) atoms. The van der Waals surface area contributed by atoms with E-state index in [2.05, 4.69) is 6.92 Å². The van der Waals surface area contributed by atoms with E-state index in [1.165, 1.54) is 25.7 Å². The highest BCUT2D eigenvalue weighted by Crippen LogP contribution is 2.18. The fraction of sp³-hybridized carbons (Fsp3) is 1.00. The third kappa shape index (κ3) is 10.6. The Kier molecular flexibility index (Phi) is 11.4. The number of aliphatic hydroxyl groups is 1. The number of hydrogen-bond acceptors (Lipinski definition) is 3. The smallest absolute Gasteiger partial charge is 0.267 e. The molecule has 0 amide bonds. The van der Waals surface area contributed by atoms with Gasteiger partial charge in [-0.05, 0) is 19.3 Å². The van der Waals surface area contributed by atoms with E-state index in [1.54, 1.807) is 0 Å². The summed E-state index contributed by atoms with van der Waals surface area (Å²) in [4.78, 5) is 0. The van der Waals surface area contributed by atoms with Crippen LogP contribution in [-0.4, -0.2) is 29.4 Å². The predicted octanol–water partition coefficient (Wildman–Crippen LogP) is 3.93. The van der Waals surface area contributed by atoms with Gasteiger partial charge in [0.25, 0.3) is 10.1 Å². The van der Waals surface area contributed by atoms with Crippen molar-refractivity contribution in [2.24, 2.45) is 0 Å². The van der Waals surface area contributed by atoms with E-state index >= 15 is 0 Å². The van der Waals surface area contributed by atoms with Crippen LogP contribution in [0.5, 0.6) is 0 Å². The van der Waals surface area contributed by atoms with E-state index in [0.717, 1.165) is 25.7 Å². The molecule has 0 fully saturated rings. The Morgan fingerprint density at radius 1 is 0.850 bits per heavy atom. The first-order chi connectivity index (χ1) is 9.41. The quantitative estimate of drug-likeness (QED) is 0.399. The molecule has 0 spiro atoms. The van der Waals surface area contributed by atoms with Crippen molar-refractivity contribution in [3.63, 3.8) is 0 Å². The summed E-state index contributed by atoms with van der Waals surface area (Å²) in [6, 6.07) is 0. The molecular weight excluding hydrogens is 276 g/mol. The van der Waals surface area contributed by atoms with Crippen LogP contribution in [0.4, 0.5) is 0 Å². The van der Waals surface area contributed by atoms with Gasteiger partial charge in [0, 0.05) is 0 Å². The van der Waals surface area contributed by atoms with Crippen LogP contribution in [0.15, 0.2) is 0 Å². The van der Waals surface area contributed by atoms with E-state index < -0.39 is 21.5 Å². The summed E-state index contributed by atoms with van der Waals surface area (Å²) in [7, 11) is -4.04. The molecular formula is C15H32O4S. The summed E-state index contributed by atoms with van der Waals surface area (Å²) in [5, 5.41) is 8.90. The van der Waals surface area contributed by atoms with E-state index in [1.807, 2.05) is 6.92 Å². The van der Waals surface area contributed by atoms with E-state index in [4.69, 9.17) is 0 Å². The highest BCUT2D eigenvalue weighted by Gasteiger charge is 2.25. The van der Waals surface area contributed by atoms with Crippen molar-refractivity contribution in [3.05, 3.63) is 0 Å². The normalized spacial score (nSPS) is 15.2. The van der Waals surface area contributed by atoms with E-state index in [-0.39, 0.29) is 6.42 Å². The van der Waals surface area contributed by atoms with Gasteiger partial charge in [-0.15, -0.1) is 0 Å². The molecule has 0 bridgehead atoms. The summed E-state index contributed by atoms with van der Waals surface area (Å²) < 4.78 is 31.9. The molecule has 122 valence electrons. The SMILES string of the molecule is CCCCCCCCCC(CC(O)CCC)S(=O)(=O)O. The largest absolute Gasteiger partial charge is 0.393 e. The molecule has 0 saturated carbocycles. The topological polar surface area (TPSA) is 74.6 Å². The van der Waals surface area contributed by atoms with Gasteiger partial charge in [0.15, 0.2) is 0 Å². The summed E-state index contributed by atoms with van der Waals surface area (Å²) in [6.07, 6.45) is 9.23. The van der Waals surface area contributed by atoms with Crippen LogP contribution in [0.25, 0.3) is 0 Å². The highest BCUT2D eigenvalue weighted by atomic mass is 32.2. The Labute approximate surface area is 124 Å². The second kappa shape index (κ2) is 11.5. The highest BCUT2D eigenvalue weighted by molar-refractivity contribution is 7.86. The van der Waals surface area contributed by atoms with Crippen molar-refractivity contribution in [1.29, 1.82) is 0 Å². The lowest BCUT2D eigenvalue weighted by atomic mass is 10.0. The van der Waals surface area contributed by atoms with Crippen molar-refractivity contribution < 1.29 is 18.1 Å². The Morgan fingerprint density at radius 3 is 1.90 bits per heavy atom. The van der Waals surface area contributed by atoms with Gasteiger partial charge < -0.3 is 5.11 Å². The minimum atomic E-state index is -4.04. The number of unbranched alkanes of at least 4 members (excludes halogenated alkanes) is 6. The summed E-state index contributed by atoms with van der Waals surface area (Å²) in [5.74, 6) is 0. The van der Waals surface area contributed by atoms with Gasteiger partial charge in [-0.2, -0.15) is 8.42 Å². The molecule has 0 aliphatic rings. The fourth-order valence-electron chi connectivity index (χ4n) is 2.47. The van der Waals surface area contributed by atoms with Crippen LogP contribution in [0.1, 0.15) is 84.5 Å². The molecule has 0 aliphatic carbocycles. The Morgan fingerprint density at radius 2 is 1.40 bits per heavy atom. The van der Waals surface area contributed by atoms with Crippen LogP contribution in [0, 0.1) is 0 Å². The molecule has 0 aromatic carbocycles. The zero-order valence-corrected chi connectivity index (χ0v) is 13.9. The Hall–Kier alpha value is -0.130. The van der Waals surface area contributed by atoms with Gasteiger partial charge in [0.1, 0.15) is 0 Å². The first-order valence-corrected chi connectivity index (χ1v) is 9.56. The van der Waals surface area contributed by atoms with Gasteiger partial charge in [0.2, 0.25) is 0 Å². The Bertz CT molecular complexity index is 314. The number of rotatable bonds is 13. The molecule has 2 atom stereocenters. The second-order valence-electron chi connectivity index (χ2n) is 5.73. The average molecular weight is 308 g/mol. The second-order valence-corrected chi connectivity index (χ2v) is 7.42. The monoisotopic (exact) mass is 308 g/mol. The molecule has 0 saturated heterocycles. The minimum Gasteiger partial charge on any atom is -0.393 e. The third-order valence-electron chi connectivity index (χ3n) is 3.71. The van der Waals surface area contributed by atoms with Gasteiger partial charge >= 0.3 is 0 Å². The maximum absolute atomic E-state index is 11.3. The zero-order chi connectivity index (χ0) is 15.4. The van der Waals surface area contributed by atoms with E-state index in [0.29, 0.717) is 12.8 Å². The third-order valence-corrected chi connectivity index (χ3v) is 4.98. The molecule has 2 N–H and O–H groups in total. The summed E-state index contributed by atoms with van der Waals surface area (Å²) in [5.41, 5.74) is 0.